The second-order valence-corrected chi connectivity index (χ2v) is 12.9. The number of hydrogen-bond acceptors (Lipinski definition) is 11. The van der Waals surface area contributed by atoms with Gasteiger partial charge >= 0.3 is 0 Å². The Morgan fingerprint density at radius 1 is 0.868 bits per heavy atom. The highest BCUT2D eigenvalue weighted by atomic mass is 16.5. The number of likely N-dealkylation sites (tertiary alicyclic amines) is 1. The molecule has 1 aliphatic heterocycles. The molecule has 1 unspecified atom stereocenters. The van der Waals surface area contributed by atoms with Crippen LogP contribution >= 0.6 is 0 Å². The van der Waals surface area contributed by atoms with Gasteiger partial charge in [-0.05, 0) is 66.8 Å². The van der Waals surface area contributed by atoms with Gasteiger partial charge in [0.2, 0.25) is 5.91 Å². The molecule has 4 aromatic heterocycles. The maximum absolute atomic E-state index is 12.6. The van der Waals surface area contributed by atoms with Crippen LogP contribution in [0.2, 0.25) is 0 Å². The summed E-state index contributed by atoms with van der Waals surface area (Å²) >= 11 is 0. The molecule has 5 heterocycles. The number of pyridine rings is 3. The molecule has 6 aromatic rings. The van der Waals surface area contributed by atoms with Crippen molar-refractivity contribution in [3.8, 4) is 34.3 Å². The van der Waals surface area contributed by atoms with Crippen molar-refractivity contribution >= 4 is 34.0 Å². The summed E-state index contributed by atoms with van der Waals surface area (Å²) in [5, 5.41) is 9.64. The van der Waals surface area contributed by atoms with E-state index < -0.39 is 0 Å². The van der Waals surface area contributed by atoms with Crippen LogP contribution in [0.1, 0.15) is 29.2 Å². The number of nitrogens with one attached hydrogen (secondary N) is 1. The van der Waals surface area contributed by atoms with E-state index in [9.17, 15) is 4.79 Å². The van der Waals surface area contributed by atoms with Crippen LogP contribution in [-0.2, 0) is 17.9 Å². The number of benzene rings is 2. The molecule has 2 aromatic carbocycles. The first-order valence-corrected chi connectivity index (χ1v) is 17.2. The quantitative estimate of drug-likeness (QED) is 0.139. The molecule has 1 aliphatic rings. The first kappa shape index (κ1) is 35.1. The van der Waals surface area contributed by atoms with E-state index in [-0.39, 0.29) is 11.9 Å². The fourth-order valence-corrected chi connectivity index (χ4v) is 6.66. The average molecular weight is 715 g/mol. The molecule has 0 saturated carbocycles. The first-order valence-electron chi connectivity index (χ1n) is 17.2. The number of aryl methyl sites for hydroxylation is 1. The number of ether oxygens (including phenoxy) is 4. The molecular weight excluding hydrogens is 672 g/mol. The van der Waals surface area contributed by atoms with Gasteiger partial charge < -0.3 is 34.1 Å². The Morgan fingerprint density at radius 2 is 1.57 bits per heavy atom. The highest BCUT2D eigenvalue weighted by Gasteiger charge is 2.31. The molecule has 13 heteroatoms. The molecule has 1 atom stereocenters. The lowest BCUT2D eigenvalue weighted by molar-refractivity contribution is -0.129. The van der Waals surface area contributed by atoms with Gasteiger partial charge in [0, 0.05) is 85.7 Å². The molecule has 53 heavy (non-hydrogen) atoms. The third-order valence-electron chi connectivity index (χ3n) is 9.61. The molecule has 0 aliphatic carbocycles. The van der Waals surface area contributed by atoms with E-state index in [1.54, 1.807) is 50.4 Å². The Kier molecular flexibility index (Phi) is 9.97. The largest absolute Gasteiger partial charge is 0.497 e. The van der Waals surface area contributed by atoms with Crippen molar-refractivity contribution in [2.45, 2.75) is 32.5 Å². The average Bonchev–Trinajstić information content (AvgIpc) is 3.78. The van der Waals surface area contributed by atoms with E-state index in [2.05, 4.69) is 33.3 Å². The van der Waals surface area contributed by atoms with Crippen LogP contribution in [0.15, 0.2) is 85.6 Å². The van der Waals surface area contributed by atoms with Crippen molar-refractivity contribution in [1.29, 1.82) is 0 Å². The second-order valence-electron chi connectivity index (χ2n) is 12.9. The molecule has 1 N–H and O–H groups in total. The third kappa shape index (κ3) is 7.23. The zero-order chi connectivity index (χ0) is 37.1. The summed E-state index contributed by atoms with van der Waals surface area (Å²) in [5.74, 6) is 4.18. The minimum absolute atomic E-state index is 0.0609. The van der Waals surface area contributed by atoms with Crippen molar-refractivity contribution < 1.29 is 23.7 Å². The Hall–Kier alpha value is -6.37. The number of rotatable bonds is 13. The van der Waals surface area contributed by atoms with Crippen LogP contribution in [0, 0.1) is 6.92 Å². The van der Waals surface area contributed by atoms with Gasteiger partial charge in [0.05, 0.1) is 46.0 Å². The van der Waals surface area contributed by atoms with Gasteiger partial charge in [-0.15, -0.1) is 0 Å². The summed E-state index contributed by atoms with van der Waals surface area (Å²) in [5.41, 5.74) is 5.34. The topological polar surface area (TPSA) is 129 Å². The minimum atomic E-state index is -0.307. The van der Waals surface area contributed by atoms with Crippen LogP contribution < -0.4 is 29.2 Å². The predicted octanol–water partition coefficient (Wildman–Crippen LogP) is 6.58. The highest BCUT2D eigenvalue weighted by Crippen LogP contribution is 2.37. The number of amides is 1. The van der Waals surface area contributed by atoms with Gasteiger partial charge in [0.1, 0.15) is 40.7 Å². The van der Waals surface area contributed by atoms with Gasteiger partial charge in [-0.1, -0.05) is 0 Å². The van der Waals surface area contributed by atoms with Crippen molar-refractivity contribution in [2.75, 3.05) is 52.2 Å². The van der Waals surface area contributed by atoms with Crippen molar-refractivity contribution in [3.05, 3.63) is 102 Å². The summed E-state index contributed by atoms with van der Waals surface area (Å²) in [7, 11) is 8.39. The van der Waals surface area contributed by atoms with Gasteiger partial charge in [-0.3, -0.25) is 14.5 Å². The highest BCUT2D eigenvalue weighted by molar-refractivity contribution is 5.96. The molecule has 13 nitrogen and oxygen atoms in total. The smallest absolute Gasteiger partial charge is 0.247 e. The number of carbonyl (C=O) groups is 1. The number of aromatic nitrogens is 5. The predicted molar refractivity (Wildman–Crippen MR) is 203 cm³/mol. The zero-order valence-corrected chi connectivity index (χ0v) is 30.7. The standard InChI is InChI=1S/C40H42N8O5/c1-25-11-13-41-20-32(25)34-15-28-16-38(44-29-19-43-48(24-29)35-12-14-46(2)40(35)49)42-21-33(28)39(45-34)47(22-26-7-9-30(50-3)17-36(26)52-5)23-27-8-10-31(51-4)18-37(27)53-6/h7-11,13,15-21,24,35H,12,14,22-23H2,1-6H3,(H,42,44). The second kappa shape index (κ2) is 15.1. The fourth-order valence-electron chi connectivity index (χ4n) is 6.66. The van der Waals surface area contributed by atoms with Crippen LogP contribution in [0.5, 0.6) is 23.0 Å². The molecule has 0 radical (unpaired) electrons. The van der Waals surface area contributed by atoms with Gasteiger partial charge in [-0.25, -0.2) is 9.97 Å². The lowest BCUT2D eigenvalue weighted by Crippen LogP contribution is -2.24. The molecule has 0 bridgehead atoms. The normalized spacial score (nSPS) is 14.0. The molecule has 272 valence electrons. The first-order chi connectivity index (χ1) is 25.8. The summed E-state index contributed by atoms with van der Waals surface area (Å²) in [4.78, 5) is 31.2. The Balaban J connectivity index is 1.34. The molecule has 1 fully saturated rings. The zero-order valence-electron chi connectivity index (χ0n) is 30.7. The van der Waals surface area contributed by atoms with E-state index in [0.29, 0.717) is 54.3 Å². The number of likely N-dealkylation sites (N-methyl/N-ethyl adjacent to an activating group) is 1. The minimum Gasteiger partial charge on any atom is -0.497 e. The lowest BCUT2D eigenvalue weighted by Gasteiger charge is -2.28. The van der Waals surface area contributed by atoms with E-state index in [4.69, 9.17) is 28.9 Å². The van der Waals surface area contributed by atoms with Crippen LogP contribution in [0.25, 0.3) is 22.0 Å². The van der Waals surface area contributed by atoms with E-state index >= 15 is 0 Å². The van der Waals surface area contributed by atoms with Crippen molar-refractivity contribution in [2.24, 2.45) is 0 Å². The number of fused-ring (bicyclic) bond motifs is 1. The van der Waals surface area contributed by atoms with E-state index in [0.717, 1.165) is 50.8 Å². The molecule has 7 rings (SSSR count). The van der Waals surface area contributed by atoms with E-state index in [1.807, 2.05) is 74.2 Å². The van der Waals surface area contributed by atoms with Gasteiger partial charge in [-0.2, -0.15) is 5.10 Å². The molecule has 0 spiro atoms. The number of methoxy groups -OCH3 is 4. The maximum atomic E-state index is 12.6. The molecule has 1 saturated heterocycles. The molecule has 1 amide bonds. The summed E-state index contributed by atoms with van der Waals surface area (Å²) < 4.78 is 24.4. The number of nitrogens with zero attached hydrogens (tertiary/aromatic N) is 7. The Labute approximate surface area is 308 Å². The Morgan fingerprint density at radius 3 is 2.17 bits per heavy atom. The van der Waals surface area contributed by atoms with Gasteiger partial charge in [0.15, 0.2) is 0 Å². The monoisotopic (exact) mass is 714 g/mol. The van der Waals surface area contributed by atoms with Crippen molar-refractivity contribution in [1.82, 2.24) is 29.6 Å². The maximum Gasteiger partial charge on any atom is 0.247 e. The lowest BCUT2D eigenvalue weighted by atomic mass is 10.0. The molecular formula is C40H42N8O5. The summed E-state index contributed by atoms with van der Waals surface area (Å²) in [6.07, 6.45) is 9.74. The Bertz CT molecular complexity index is 2220. The van der Waals surface area contributed by atoms with E-state index in [1.165, 1.54) is 0 Å². The fraction of sp³-hybridized carbons (Fsp3) is 0.275. The van der Waals surface area contributed by atoms with Crippen molar-refractivity contribution in [3.63, 3.8) is 0 Å². The van der Waals surface area contributed by atoms with Gasteiger partial charge in [0.25, 0.3) is 0 Å². The van der Waals surface area contributed by atoms with Crippen LogP contribution in [0.3, 0.4) is 0 Å². The van der Waals surface area contributed by atoms with Crippen LogP contribution in [0.4, 0.5) is 17.3 Å². The number of anilines is 3. The number of carbonyl (C=O) groups excluding carboxylic acids is 1. The SMILES string of the molecule is COc1ccc(CN(Cc2ccc(OC)cc2OC)c2nc(-c3cnccc3C)cc3cc(Nc4cnn(C5CCN(C)C5=O)c4)ncc23)c(OC)c1. The summed E-state index contributed by atoms with van der Waals surface area (Å²) in [6, 6.07) is 17.4. The summed E-state index contributed by atoms with van der Waals surface area (Å²) in [6.45, 7) is 3.64. The van der Waals surface area contributed by atoms with Crippen LogP contribution in [-0.4, -0.2) is 77.6 Å². The third-order valence-corrected chi connectivity index (χ3v) is 9.61. The number of hydrogen-bond donors (Lipinski definition) is 1.